The Morgan fingerprint density at radius 3 is 2.33 bits per heavy atom. The summed E-state index contributed by atoms with van der Waals surface area (Å²) >= 11 is 9.46. The van der Waals surface area contributed by atoms with Crippen molar-refractivity contribution in [3.63, 3.8) is 0 Å². The quantitative estimate of drug-likeness (QED) is 0.540. The highest BCUT2D eigenvalue weighted by Crippen LogP contribution is 2.29. The SMILES string of the molecule is O=C(c1ccc(F)cc1Cl)c1ccc(Br)c2ccccc12. The van der Waals surface area contributed by atoms with Gasteiger partial charge in [-0.3, -0.25) is 4.79 Å². The van der Waals surface area contributed by atoms with Crippen molar-refractivity contribution < 1.29 is 9.18 Å². The van der Waals surface area contributed by atoms with E-state index in [9.17, 15) is 9.18 Å². The lowest BCUT2D eigenvalue weighted by atomic mass is 9.97. The summed E-state index contributed by atoms with van der Waals surface area (Å²) in [5.41, 5.74) is 0.841. The molecule has 0 fully saturated rings. The van der Waals surface area contributed by atoms with Gasteiger partial charge in [0.1, 0.15) is 5.82 Å². The predicted octanol–water partition coefficient (Wildman–Crippen LogP) is 5.63. The molecule has 0 spiro atoms. The molecule has 0 aliphatic carbocycles. The van der Waals surface area contributed by atoms with Crippen LogP contribution in [0.1, 0.15) is 15.9 Å². The fourth-order valence-electron chi connectivity index (χ4n) is 2.28. The molecule has 1 nitrogen and oxygen atoms in total. The molecule has 0 bridgehead atoms. The Bertz CT molecular complexity index is 861. The Balaban J connectivity index is 2.21. The van der Waals surface area contributed by atoms with E-state index in [-0.39, 0.29) is 10.8 Å². The zero-order chi connectivity index (χ0) is 15.0. The average molecular weight is 364 g/mol. The monoisotopic (exact) mass is 362 g/mol. The Morgan fingerprint density at radius 2 is 1.62 bits per heavy atom. The van der Waals surface area contributed by atoms with Crippen molar-refractivity contribution in [2.45, 2.75) is 0 Å². The summed E-state index contributed by atoms with van der Waals surface area (Å²) in [5, 5.41) is 1.89. The highest BCUT2D eigenvalue weighted by molar-refractivity contribution is 9.10. The molecular weight excluding hydrogens is 355 g/mol. The molecule has 0 saturated carbocycles. The zero-order valence-corrected chi connectivity index (χ0v) is 13.1. The second-order valence-corrected chi connectivity index (χ2v) is 5.86. The molecule has 3 rings (SSSR count). The highest BCUT2D eigenvalue weighted by Gasteiger charge is 2.16. The van der Waals surface area contributed by atoms with E-state index in [4.69, 9.17) is 11.6 Å². The normalized spacial score (nSPS) is 10.8. The Labute approximate surface area is 134 Å². The summed E-state index contributed by atoms with van der Waals surface area (Å²) in [6.07, 6.45) is 0. The van der Waals surface area contributed by atoms with Crippen molar-refractivity contribution in [3.8, 4) is 0 Å². The van der Waals surface area contributed by atoms with Crippen LogP contribution in [0.5, 0.6) is 0 Å². The Hall–Kier alpha value is -1.71. The molecule has 0 aliphatic rings. The minimum Gasteiger partial charge on any atom is -0.289 e. The van der Waals surface area contributed by atoms with Gasteiger partial charge in [-0.15, -0.1) is 0 Å². The predicted molar refractivity (Wildman–Crippen MR) is 86.5 cm³/mol. The molecule has 0 saturated heterocycles. The molecule has 0 amide bonds. The standard InChI is InChI=1S/C17H9BrClFO/c18-15-8-7-13(11-3-1-2-4-12(11)15)17(21)14-6-5-10(20)9-16(14)19/h1-9H. The number of hydrogen-bond donors (Lipinski definition) is 0. The van der Waals surface area contributed by atoms with E-state index in [0.29, 0.717) is 11.1 Å². The third-order valence-electron chi connectivity index (χ3n) is 3.29. The maximum Gasteiger partial charge on any atom is 0.195 e. The summed E-state index contributed by atoms with van der Waals surface area (Å²) in [6.45, 7) is 0. The van der Waals surface area contributed by atoms with Crippen LogP contribution in [0.15, 0.2) is 59.1 Å². The third-order valence-corrected chi connectivity index (χ3v) is 4.30. The lowest BCUT2D eigenvalue weighted by Crippen LogP contribution is -2.03. The van der Waals surface area contributed by atoms with Crippen LogP contribution in [-0.4, -0.2) is 5.78 Å². The highest BCUT2D eigenvalue weighted by atomic mass is 79.9. The number of fused-ring (bicyclic) bond motifs is 1. The topological polar surface area (TPSA) is 17.1 Å². The van der Waals surface area contributed by atoms with E-state index in [2.05, 4.69) is 15.9 Å². The van der Waals surface area contributed by atoms with Gasteiger partial charge in [0, 0.05) is 15.6 Å². The van der Waals surface area contributed by atoms with Gasteiger partial charge in [0.05, 0.1) is 5.02 Å². The fraction of sp³-hybridized carbons (Fsp3) is 0. The first kappa shape index (κ1) is 14.2. The minimum absolute atomic E-state index is 0.118. The molecule has 4 heteroatoms. The van der Waals surface area contributed by atoms with Crippen LogP contribution in [0.25, 0.3) is 10.8 Å². The molecule has 0 N–H and O–H groups in total. The second-order valence-electron chi connectivity index (χ2n) is 4.59. The number of halogens is 3. The lowest BCUT2D eigenvalue weighted by molar-refractivity contribution is 0.104. The Morgan fingerprint density at radius 1 is 0.952 bits per heavy atom. The molecule has 0 aromatic heterocycles. The first-order chi connectivity index (χ1) is 10.1. The molecule has 0 radical (unpaired) electrons. The van der Waals surface area contributed by atoms with E-state index >= 15 is 0 Å². The molecule has 104 valence electrons. The number of carbonyl (C=O) groups excluding carboxylic acids is 1. The van der Waals surface area contributed by atoms with Gasteiger partial charge < -0.3 is 0 Å². The largest absolute Gasteiger partial charge is 0.289 e. The van der Waals surface area contributed by atoms with Crippen LogP contribution in [0, 0.1) is 5.82 Å². The van der Waals surface area contributed by atoms with Crippen molar-refractivity contribution >= 4 is 44.1 Å². The number of benzene rings is 3. The summed E-state index contributed by atoms with van der Waals surface area (Å²) in [4.78, 5) is 12.7. The number of hydrogen-bond acceptors (Lipinski definition) is 1. The van der Waals surface area contributed by atoms with Crippen molar-refractivity contribution in [1.82, 2.24) is 0 Å². The van der Waals surface area contributed by atoms with Crippen LogP contribution in [0.2, 0.25) is 5.02 Å². The van der Waals surface area contributed by atoms with Crippen LogP contribution >= 0.6 is 27.5 Å². The van der Waals surface area contributed by atoms with Crippen LogP contribution in [-0.2, 0) is 0 Å². The van der Waals surface area contributed by atoms with E-state index in [0.717, 1.165) is 21.3 Å². The van der Waals surface area contributed by atoms with Gasteiger partial charge in [0.25, 0.3) is 0 Å². The van der Waals surface area contributed by atoms with Crippen LogP contribution < -0.4 is 0 Å². The molecule has 3 aromatic rings. The van der Waals surface area contributed by atoms with E-state index < -0.39 is 5.82 Å². The number of ketones is 1. The molecule has 0 unspecified atom stereocenters. The van der Waals surface area contributed by atoms with Crippen LogP contribution in [0.4, 0.5) is 4.39 Å². The Kier molecular flexibility index (Phi) is 3.79. The van der Waals surface area contributed by atoms with Gasteiger partial charge in [-0.2, -0.15) is 0 Å². The second kappa shape index (κ2) is 5.58. The third kappa shape index (κ3) is 2.59. The van der Waals surface area contributed by atoms with Gasteiger partial charge in [0.15, 0.2) is 5.78 Å². The van der Waals surface area contributed by atoms with Gasteiger partial charge in [-0.25, -0.2) is 4.39 Å². The van der Waals surface area contributed by atoms with E-state index in [1.54, 1.807) is 6.07 Å². The fourth-order valence-corrected chi connectivity index (χ4v) is 3.01. The molecule has 21 heavy (non-hydrogen) atoms. The first-order valence-corrected chi connectivity index (χ1v) is 7.42. The van der Waals surface area contributed by atoms with Gasteiger partial charge >= 0.3 is 0 Å². The number of carbonyl (C=O) groups is 1. The smallest absolute Gasteiger partial charge is 0.195 e. The van der Waals surface area contributed by atoms with Crippen molar-refractivity contribution in [1.29, 1.82) is 0 Å². The van der Waals surface area contributed by atoms with Crippen LogP contribution in [0.3, 0.4) is 0 Å². The van der Waals surface area contributed by atoms with Gasteiger partial charge in [0.2, 0.25) is 0 Å². The van der Waals surface area contributed by atoms with Crippen molar-refractivity contribution in [2.24, 2.45) is 0 Å². The minimum atomic E-state index is -0.461. The maximum atomic E-state index is 13.1. The molecule has 0 aliphatic heterocycles. The molecular formula is C17H9BrClFO. The van der Waals surface area contributed by atoms with E-state index in [1.165, 1.54) is 12.1 Å². The molecule has 0 atom stereocenters. The van der Waals surface area contributed by atoms with Gasteiger partial charge in [-0.1, -0.05) is 51.8 Å². The van der Waals surface area contributed by atoms with E-state index in [1.807, 2.05) is 30.3 Å². The van der Waals surface area contributed by atoms with Gasteiger partial charge in [-0.05, 0) is 41.1 Å². The lowest BCUT2D eigenvalue weighted by Gasteiger charge is -2.09. The first-order valence-electron chi connectivity index (χ1n) is 6.25. The zero-order valence-electron chi connectivity index (χ0n) is 10.7. The summed E-state index contributed by atoms with van der Waals surface area (Å²) in [6, 6.07) is 15.0. The summed E-state index contributed by atoms with van der Waals surface area (Å²) in [7, 11) is 0. The molecule has 3 aromatic carbocycles. The van der Waals surface area contributed by atoms with Crippen molar-refractivity contribution in [3.05, 3.63) is 81.0 Å². The summed E-state index contributed by atoms with van der Waals surface area (Å²) in [5.74, 6) is -0.680. The number of rotatable bonds is 2. The maximum absolute atomic E-state index is 13.1. The average Bonchev–Trinajstić information content (AvgIpc) is 2.47. The van der Waals surface area contributed by atoms with Crippen molar-refractivity contribution in [2.75, 3.05) is 0 Å². The summed E-state index contributed by atoms with van der Waals surface area (Å²) < 4.78 is 14.0. The molecule has 0 heterocycles.